The number of amides is 1. The van der Waals surface area contributed by atoms with E-state index in [2.05, 4.69) is 31.2 Å². The van der Waals surface area contributed by atoms with Crippen LogP contribution in [0.25, 0.3) is 5.57 Å². The van der Waals surface area contributed by atoms with Gasteiger partial charge in [0.15, 0.2) is 5.82 Å². The molecule has 0 aliphatic carbocycles. The second kappa shape index (κ2) is 9.14. The molecule has 0 aliphatic heterocycles. The zero-order chi connectivity index (χ0) is 17.4. The average molecular weight is 391 g/mol. The van der Waals surface area contributed by atoms with Crippen molar-refractivity contribution < 1.29 is 9.53 Å². The van der Waals surface area contributed by atoms with E-state index >= 15 is 0 Å². The molecule has 6 nitrogen and oxygen atoms in total. The van der Waals surface area contributed by atoms with Crippen LogP contribution in [-0.4, -0.2) is 36.1 Å². The first-order valence-corrected chi connectivity index (χ1v) is 8.18. The van der Waals surface area contributed by atoms with Gasteiger partial charge in [-0.1, -0.05) is 28.1 Å². The van der Waals surface area contributed by atoms with Crippen molar-refractivity contribution in [3.63, 3.8) is 0 Å². The number of methoxy groups -OCH3 is 1. The molecule has 0 saturated heterocycles. The fourth-order valence-electron chi connectivity index (χ4n) is 2.04. The number of nitrogens with one attached hydrogen (secondary N) is 1. The maximum atomic E-state index is 12.1. The molecule has 2 rings (SSSR count). The first-order valence-electron chi connectivity index (χ1n) is 7.39. The number of carbonyl (C=O) groups is 1. The number of carbonyl (C=O) groups excluding carboxylic acids is 1. The third kappa shape index (κ3) is 5.14. The van der Waals surface area contributed by atoms with Crippen molar-refractivity contribution in [2.75, 3.05) is 20.3 Å². The molecule has 0 bridgehead atoms. The number of ether oxygens (including phenoxy) is 1. The second-order valence-electron chi connectivity index (χ2n) is 5.05. The predicted octanol–water partition coefficient (Wildman–Crippen LogP) is 1.89. The van der Waals surface area contributed by atoms with Gasteiger partial charge in [0.1, 0.15) is 0 Å². The highest BCUT2D eigenvalue weighted by molar-refractivity contribution is 9.10. The van der Waals surface area contributed by atoms with Crippen LogP contribution in [0.5, 0.6) is 0 Å². The van der Waals surface area contributed by atoms with Gasteiger partial charge >= 0.3 is 0 Å². The van der Waals surface area contributed by atoms with Crippen molar-refractivity contribution >= 4 is 27.4 Å². The fourth-order valence-corrected chi connectivity index (χ4v) is 2.30. The quantitative estimate of drug-likeness (QED) is 0.556. The molecule has 1 aromatic heterocycles. The van der Waals surface area contributed by atoms with Crippen LogP contribution in [0.15, 0.2) is 47.3 Å². The number of nitrogens with zero attached hydrogens (tertiary/aromatic N) is 2. The lowest BCUT2D eigenvalue weighted by Gasteiger charge is -2.08. The Hall–Kier alpha value is -2.25. The average Bonchev–Trinajstić information content (AvgIpc) is 2.59. The molecule has 126 valence electrons. The predicted molar refractivity (Wildman–Crippen MR) is 96.0 cm³/mol. The summed E-state index contributed by atoms with van der Waals surface area (Å²) < 4.78 is 5.93. The number of hydrogen-bond acceptors (Lipinski definition) is 5. The highest BCUT2D eigenvalue weighted by atomic mass is 79.9. The summed E-state index contributed by atoms with van der Waals surface area (Å²) in [5.41, 5.74) is 7.89. The monoisotopic (exact) mass is 390 g/mol. The summed E-state index contributed by atoms with van der Waals surface area (Å²) in [6, 6.07) is 8.05. The van der Waals surface area contributed by atoms with Crippen molar-refractivity contribution in [2.45, 2.75) is 6.42 Å². The molecule has 7 heteroatoms. The van der Waals surface area contributed by atoms with E-state index in [0.29, 0.717) is 19.0 Å². The molecule has 3 N–H and O–H groups in total. The zero-order valence-electron chi connectivity index (χ0n) is 13.3. The lowest BCUT2D eigenvalue weighted by Crippen LogP contribution is -2.28. The van der Waals surface area contributed by atoms with Crippen LogP contribution in [0.3, 0.4) is 0 Å². The maximum Gasteiger partial charge on any atom is 0.256 e. The Morgan fingerprint density at radius 3 is 2.50 bits per heavy atom. The highest BCUT2D eigenvalue weighted by Gasteiger charge is 2.14. The lowest BCUT2D eigenvalue weighted by molar-refractivity contribution is -0.115. The first-order chi connectivity index (χ1) is 11.6. The summed E-state index contributed by atoms with van der Waals surface area (Å²) in [7, 11) is 1.57. The van der Waals surface area contributed by atoms with Gasteiger partial charge in [-0.05, 0) is 23.3 Å². The number of aromatic nitrogens is 2. The van der Waals surface area contributed by atoms with Crippen LogP contribution < -0.4 is 11.1 Å². The normalized spacial score (nSPS) is 11.3. The second-order valence-corrected chi connectivity index (χ2v) is 5.96. The van der Waals surface area contributed by atoms with Crippen LogP contribution in [0, 0.1) is 0 Å². The fraction of sp³-hybridized carbons (Fsp3) is 0.235. The molecule has 0 unspecified atom stereocenters. The van der Waals surface area contributed by atoms with E-state index in [1.165, 1.54) is 6.20 Å². The first kappa shape index (κ1) is 18.1. The standard InChI is InChI=1S/C17H19BrN4O2/c1-24-7-6-20-17(23)15(9-19)16-21-10-13(11-22-16)8-12-2-4-14(18)5-3-12/h2-5,9-11H,6-8,19H2,1H3,(H,20,23)/b15-9+. The molecular weight excluding hydrogens is 372 g/mol. The van der Waals surface area contributed by atoms with Gasteiger partial charge in [-0.15, -0.1) is 0 Å². The van der Waals surface area contributed by atoms with Crippen molar-refractivity contribution in [1.82, 2.24) is 15.3 Å². The van der Waals surface area contributed by atoms with E-state index in [0.717, 1.165) is 22.0 Å². The van der Waals surface area contributed by atoms with Gasteiger partial charge in [-0.25, -0.2) is 9.97 Å². The Bertz CT molecular complexity index is 700. The van der Waals surface area contributed by atoms with Gasteiger partial charge < -0.3 is 15.8 Å². The summed E-state index contributed by atoms with van der Waals surface area (Å²) >= 11 is 3.41. The molecule has 0 spiro atoms. The van der Waals surface area contributed by atoms with Gasteiger partial charge in [0.05, 0.1) is 12.2 Å². The molecule has 0 atom stereocenters. The van der Waals surface area contributed by atoms with Gasteiger partial charge in [-0.3, -0.25) is 4.79 Å². The molecule has 0 radical (unpaired) electrons. The van der Waals surface area contributed by atoms with E-state index in [-0.39, 0.29) is 11.5 Å². The number of halogens is 1. The summed E-state index contributed by atoms with van der Waals surface area (Å²) in [5, 5.41) is 2.70. The van der Waals surface area contributed by atoms with Gasteiger partial charge in [0.2, 0.25) is 0 Å². The van der Waals surface area contributed by atoms with E-state index in [1.807, 2.05) is 24.3 Å². The minimum atomic E-state index is -0.324. The molecule has 1 amide bonds. The summed E-state index contributed by atoms with van der Waals surface area (Å²) in [4.78, 5) is 20.6. The third-order valence-corrected chi connectivity index (χ3v) is 3.80. The minimum absolute atomic E-state index is 0.237. The smallest absolute Gasteiger partial charge is 0.256 e. The number of rotatable bonds is 7. The van der Waals surface area contributed by atoms with Crippen molar-refractivity contribution in [3.8, 4) is 0 Å². The Morgan fingerprint density at radius 2 is 1.92 bits per heavy atom. The van der Waals surface area contributed by atoms with Crippen molar-refractivity contribution in [3.05, 3.63) is 64.3 Å². The molecule has 1 aromatic carbocycles. The largest absolute Gasteiger partial charge is 0.404 e. The summed E-state index contributed by atoms with van der Waals surface area (Å²) in [5.74, 6) is -0.0258. The van der Waals surface area contributed by atoms with E-state index in [4.69, 9.17) is 10.5 Å². The van der Waals surface area contributed by atoms with Crippen LogP contribution in [-0.2, 0) is 16.0 Å². The SMILES string of the molecule is COCCNC(=O)/C(=C/N)c1ncc(Cc2ccc(Br)cc2)cn1. The molecule has 0 aliphatic rings. The molecular formula is C17H19BrN4O2. The Morgan fingerprint density at radius 1 is 1.25 bits per heavy atom. The molecule has 0 saturated carbocycles. The number of benzene rings is 1. The van der Waals surface area contributed by atoms with Crippen LogP contribution in [0.2, 0.25) is 0 Å². The zero-order valence-corrected chi connectivity index (χ0v) is 14.9. The minimum Gasteiger partial charge on any atom is -0.404 e. The summed E-state index contributed by atoms with van der Waals surface area (Å²) in [6.07, 6.45) is 5.34. The van der Waals surface area contributed by atoms with Gasteiger partial charge in [0.25, 0.3) is 5.91 Å². The Kier molecular flexibility index (Phi) is 6.89. The van der Waals surface area contributed by atoms with Crippen molar-refractivity contribution in [2.24, 2.45) is 5.73 Å². The highest BCUT2D eigenvalue weighted by Crippen LogP contribution is 2.14. The van der Waals surface area contributed by atoms with Crippen LogP contribution in [0.4, 0.5) is 0 Å². The van der Waals surface area contributed by atoms with E-state index in [9.17, 15) is 4.79 Å². The molecule has 2 aromatic rings. The third-order valence-electron chi connectivity index (χ3n) is 3.27. The van der Waals surface area contributed by atoms with Gasteiger partial charge in [0, 0.05) is 43.1 Å². The van der Waals surface area contributed by atoms with Gasteiger partial charge in [-0.2, -0.15) is 0 Å². The number of hydrogen-bond donors (Lipinski definition) is 2. The number of nitrogens with two attached hydrogens (primary N) is 1. The Labute approximate surface area is 149 Å². The van der Waals surface area contributed by atoms with Crippen LogP contribution in [0.1, 0.15) is 17.0 Å². The molecule has 1 heterocycles. The molecule has 0 fully saturated rings. The van der Waals surface area contributed by atoms with Crippen LogP contribution >= 0.6 is 15.9 Å². The molecule has 24 heavy (non-hydrogen) atoms. The summed E-state index contributed by atoms with van der Waals surface area (Å²) in [6.45, 7) is 0.824. The Balaban J connectivity index is 2.04. The maximum absolute atomic E-state index is 12.1. The van der Waals surface area contributed by atoms with Crippen molar-refractivity contribution in [1.29, 1.82) is 0 Å². The van der Waals surface area contributed by atoms with E-state index in [1.54, 1.807) is 19.5 Å². The van der Waals surface area contributed by atoms with E-state index < -0.39 is 0 Å². The topological polar surface area (TPSA) is 90.1 Å². The lowest BCUT2D eigenvalue weighted by atomic mass is 10.1.